The van der Waals surface area contributed by atoms with Crippen LogP contribution in [0.1, 0.15) is 21.5 Å². The first-order valence-corrected chi connectivity index (χ1v) is 8.71. The highest BCUT2D eigenvalue weighted by Crippen LogP contribution is 2.32. The molecule has 12 heteroatoms. The Morgan fingerprint density at radius 3 is 2.53 bits per heavy atom. The Bertz CT molecular complexity index is 1040. The van der Waals surface area contributed by atoms with Crippen molar-refractivity contribution in [3.05, 3.63) is 70.9 Å². The van der Waals surface area contributed by atoms with Crippen molar-refractivity contribution in [1.82, 2.24) is 19.7 Å². The lowest BCUT2D eigenvalue weighted by Gasteiger charge is -2.10. The molecule has 0 unspecified atom stereocenters. The fourth-order valence-corrected chi connectivity index (χ4v) is 2.53. The first kappa shape index (κ1) is 21.2. The Hall–Kier alpha value is -3.47. The molecule has 3 aromatic rings. The molecule has 0 bridgehead atoms. The average Bonchev–Trinajstić information content (AvgIpc) is 3.20. The van der Waals surface area contributed by atoms with Crippen LogP contribution in [-0.2, 0) is 22.3 Å². The minimum Gasteiger partial charge on any atom is -0.452 e. The van der Waals surface area contributed by atoms with E-state index < -0.39 is 35.2 Å². The molecule has 0 atom stereocenters. The molecule has 0 aliphatic heterocycles. The Labute approximate surface area is 172 Å². The largest absolute Gasteiger partial charge is 0.452 e. The van der Waals surface area contributed by atoms with Gasteiger partial charge in [0.2, 0.25) is 0 Å². The van der Waals surface area contributed by atoms with Gasteiger partial charge in [-0.25, -0.2) is 19.4 Å². The van der Waals surface area contributed by atoms with E-state index >= 15 is 0 Å². The van der Waals surface area contributed by atoms with E-state index in [2.05, 4.69) is 20.4 Å². The lowest BCUT2D eigenvalue weighted by Crippen LogP contribution is -2.22. The molecule has 0 fully saturated rings. The number of hydrogen-bond acceptors (Lipinski definition) is 6. The van der Waals surface area contributed by atoms with E-state index in [4.69, 9.17) is 16.3 Å². The number of rotatable bonds is 6. The summed E-state index contributed by atoms with van der Waals surface area (Å²) in [7, 11) is 0. The van der Waals surface area contributed by atoms with Crippen molar-refractivity contribution in [3.8, 4) is 0 Å². The van der Waals surface area contributed by atoms with Crippen LogP contribution in [0, 0.1) is 0 Å². The summed E-state index contributed by atoms with van der Waals surface area (Å²) in [5, 5.41) is 5.77. The van der Waals surface area contributed by atoms with E-state index in [1.54, 1.807) is 23.1 Å². The topological polar surface area (TPSA) is 99.0 Å². The molecule has 0 spiro atoms. The molecule has 1 N–H and O–H groups in total. The third kappa shape index (κ3) is 5.54. The lowest BCUT2D eigenvalue weighted by atomic mass is 10.1. The van der Waals surface area contributed by atoms with Gasteiger partial charge in [0.25, 0.3) is 5.91 Å². The molecule has 3 rings (SSSR count). The summed E-state index contributed by atoms with van der Waals surface area (Å²) in [5.41, 5.74) is 0.0397. The highest BCUT2D eigenvalue weighted by molar-refractivity contribution is 6.33. The molecule has 0 aliphatic carbocycles. The zero-order valence-corrected chi connectivity index (χ0v) is 15.8. The number of anilines is 1. The molecule has 156 valence electrons. The predicted octanol–water partition coefficient (Wildman–Crippen LogP) is 3.19. The average molecular weight is 440 g/mol. The highest BCUT2D eigenvalue weighted by atomic mass is 35.5. The molecule has 2 heterocycles. The number of amides is 1. The molecular weight excluding hydrogens is 427 g/mol. The molecule has 1 aromatic carbocycles. The predicted molar refractivity (Wildman–Crippen MR) is 98.7 cm³/mol. The number of benzene rings is 1. The Kier molecular flexibility index (Phi) is 6.31. The van der Waals surface area contributed by atoms with Crippen molar-refractivity contribution in [3.63, 3.8) is 0 Å². The van der Waals surface area contributed by atoms with Crippen LogP contribution in [0.4, 0.5) is 19.0 Å². The van der Waals surface area contributed by atoms with Crippen molar-refractivity contribution in [2.45, 2.75) is 12.7 Å². The standard InChI is InChI=1S/C18H13ClF3N5O3/c19-14-5-13(18(20,21)22)6-24-16(14)26-15(28)8-30-17(29)12-3-1-11(2-4-12)7-27-10-23-9-25-27/h1-6,9-10H,7-8H2,(H,24,26,28). The van der Waals surface area contributed by atoms with E-state index in [0.29, 0.717) is 18.8 Å². The first-order chi connectivity index (χ1) is 14.2. The van der Waals surface area contributed by atoms with Gasteiger partial charge in [-0.05, 0) is 23.8 Å². The lowest BCUT2D eigenvalue weighted by molar-refractivity contribution is -0.137. The van der Waals surface area contributed by atoms with Gasteiger partial charge in [0, 0.05) is 6.20 Å². The molecule has 8 nitrogen and oxygen atoms in total. The van der Waals surface area contributed by atoms with Crippen molar-refractivity contribution in [1.29, 1.82) is 0 Å². The van der Waals surface area contributed by atoms with Gasteiger partial charge in [-0.1, -0.05) is 23.7 Å². The maximum absolute atomic E-state index is 12.6. The first-order valence-electron chi connectivity index (χ1n) is 8.33. The van der Waals surface area contributed by atoms with Crippen molar-refractivity contribution < 1.29 is 27.5 Å². The monoisotopic (exact) mass is 439 g/mol. The van der Waals surface area contributed by atoms with Crippen LogP contribution < -0.4 is 5.32 Å². The number of esters is 1. The zero-order chi connectivity index (χ0) is 21.7. The molecule has 0 aliphatic rings. The van der Waals surface area contributed by atoms with Crippen LogP contribution in [-0.4, -0.2) is 38.2 Å². The molecule has 0 saturated carbocycles. The Balaban J connectivity index is 1.52. The Morgan fingerprint density at radius 1 is 1.20 bits per heavy atom. The third-order valence-corrected chi connectivity index (χ3v) is 4.05. The van der Waals surface area contributed by atoms with Crippen LogP contribution in [0.15, 0.2) is 49.2 Å². The van der Waals surface area contributed by atoms with Gasteiger partial charge in [0.05, 0.1) is 22.7 Å². The fourth-order valence-electron chi connectivity index (χ4n) is 2.32. The van der Waals surface area contributed by atoms with E-state index in [1.165, 1.54) is 18.5 Å². The molecule has 0 radical (unpaired) electrons. The van der Waals surface area contributed by atoms with Crippen LogP contribution in [0.3, 0.4) is 0 Å². The summed E-state index contributed by atoms with van der Waals surface area (Å²) in [6.07, 6.45) is -1.11. The summed E-state index contributed by atoms with van der Waals surface area (Å²) in [6, 6.07) is 7.09. The highest BCUT2D eigenvalue weighted by Gasteiger charge is 2.31. The van der Waals surface area contributed by atoms with Crippen LogP contribution in [0.25, 0.3) is 0 Å². The minimum absolute atomic E-state index is 0.218. The van der Waals surface area contributed by atoms with Gasteiger partial charge in [-0.2, -0.15) is 18.3 Å². The van der Waals surface area contributed by atoms with Gasteiger partial charge in [-0.3, -0.25) is 4.79 Å². The number of carbonyl (C=O) groups excluding carboxylic acids is 2. The molecule has 0 saturated heterocycles. The number of halogens is 4. The van der Waals surface area contributed by atoms with Crippen LogP contribution in [0.2, 0.25) is 5.02 Å². The maximum Gasteiger partial charge on any atom is 0.417 e. The number of carbonyl (C=O) groups is 2. The second kappa shape index (κ2) is 8.91. The molecule has 30 heavy (non-hydrogen) atoms. The second-order valence-corrected chi connectivity index (χ2v) is 6.37. The van der Waals surface area contributed by atoms with Crippen molar-refractivity contribution in [2.24, 2.45) is 0 Å². The minimum atomic E-state index is -4.61. The normalized spacial score (nSPS) is 11.2. The summed E-state index contributed by atoms with van der Waals surface area (Å²) >= 11 is 5.71. The number of nitrogens with one attached hydrogen (secondary N) is 1. The van der Waals surface area contributed by atoms with Gasteiger partial charge >= 0.3 is 12.1 Å². The fraction of sp³-hybridized carbons (Fsp3) is 0.167. The van der Waals surface area contributed by atoms with E-state index in [1.807, 2.05) is 0 Å². The van der Waals surface area contributed by atoms with Gasteiger partial charge in [0.1, 0.15) is 12.7 Å². The SMILES string of the molecule is O=C(COC(=O)c1ccc(Cn2cncn2)cc1)Nc1ncc(C(F)(F)F)cc1Cl. The van der Waals surface area contributed by atoms with Crippen molar-refractivity contribution >= 4 is 29.3 Å². The molecule has 2 aromatic heterocycles. The van der Waals surface area contributed by atoms with E-state index in [0.717, 1.165) is 5.56 Å². The van der Waals surface area contributed by atoms with Crippen molar-refractivity contribution in [2.75, 3.05) is 11.9 Å². The number of pyridine rings is 1. The van der Waals surface area contributed by atoms with Gasteiger partial charge in [-0.15, -0.1) is 0 Å². The number of aromatic nitrogens is 4. The van der Waals surface area contributed by atoms with Crippen LogP contribution in [0.5, 0.6) is 0 Å². The van der Waals surface area contributed by atoms with E-state index in [9.17, 15) is 22.8 Å². The Morgan fingerprint density at radius 2 is 1.93 bits per heavy atom. The quantitative estimate of drug-likeness (QED) is 0.592. The van der Waals surface area contributed by atoms with Gasteiger partial charge in [0.15, 0.2) is 12.4 Å². The zero-order valence-electron chi connectivity index (χ0n) is 15.1. The van der Waals surface area contributed by atoms with Gasteiger partial charge < -0.3 is 10.1 Å². The summed E-state index contributed by atoms with van der Waals surface area (Å²) in [4.78, 5) is 31.3. The third-order valence-electron chi connectivity index (χ3n) is 3.76. The van der Waals surface area contributed by atoms with Crippen LogP contribution >= 0.6 is 11.6 Å². The number of hydrogen-bond donors (Lipinski definition) is 1. The summed E-state index contributed by atoms with van der Waals surface area (Å²) < 4.78 is 44.3. The number of alkyl halides is 3. The summed E-state index contributed by atoms with van der Waals surface area (Å²) in [6.45, 7) is -0.197. The summed E-state index contributed by atoms with van der Waals surface area (Å²) in [5.74, 6) is -1.83. The molecule has 1 amide bonds. The maximum atomic E-state index is 12.6. The smallest absolute Gasteiger partial charge is 0.417 e. The number of nitrogens with zero attached hydrogens (tertiary/aromatic N) is 4. The number of ether oxygens (including phenoxy) is 1. The molecular formula is C18H13ClF3N5O3. The van der Waals surface area contributed by atoms with E-state index in [-0.39, 0.29) is 11.4 Å². The second-order valence-electron chi connectivity index (χ2n) is 5.97.